The molecule has 7 heteroatoms. The smallest absolute Gasteiger partial charge is 0.248 e. The van der Waals surface area contributed by atoms with Gasteiger partial charge in [0, 0.05) is 29.1 Å². The molecule has 0 radical (unpaired) electrons. The molecule has 0 fully saturated rings. The summed E-state index contributed by atoms with van der Waals surface area (Å²) in [6.07, 6.45) is 4.47. The van der Waals surface area contributed by atoms with Gasteiger partial charge in [-0.15, -0.1) is 0 Å². The van der Waals surface area contributed by atoms with Crippen LogP contribution in [0.25, 0.3) is 11.3 Å². The van der Waals surface area contributed by atoms with Gasteiger partial charge in [0.2, 0.25) is 11.7 Å². The molecule has 4 N–H and O–H groups in total. The van der Waals surface area contributed by atoms with Crippen LogP contribution in [0.15, 0.2) is 48.9 Å². The lowest BCUT2D eigenvalue weighted by molar-refractivity contribution is 0.0998. The summed E-state index contributed by atoms with van der Waals surface area (Å²) in [4.78, 5) is 36.4. The van der Waals surface area contributed by atoms with Gasteiger partial charge < -0.3 is 11.5 Å². The van der Waals surface area contributed by atoms with Crippen molar-refractivity contribution in [1.82, 2.24) is 15.0 Å². The van der Waals surface area contributed by atoms with Crippen LogP contribution in [0.4, 0.5) is 5.82 Å². The third-order valence-electron chi connectivity index (χ3n) is 3.74. The molecule has 0 spiro atoms. The van der Waals surface area contributed by atoms with Gasteiger partial charge in [0.25, 0.3) is 0 Å². The van der Waals surface area contributed by atoms with Crippen molar-refractivity contribution in [1.29, 1.82) is 0 Å². The first-order valence-electron chi connectivity index (χ1n) is 7.45. The third-order valence-corrected chi connectivity index (χ3v) is 3.74. The highest BCUT2D eigenvalue weighted by Gasteiger charge is 2.18. The number of nitrogens with zero attached hydrogens (tertiary/aromatic N) is 3. The maximum absolute atomic E-state index is 12.6. The molecule has 0 saturated heterocycles. The minimum Gasteiger partial charge on any atom is -0.382 e. The number of anilines is 1. The first-order chi connectivity index (χ1) is 12.0. The zero-order chi connectivity index (χ0) is 18.0. The van der Waals surface area contributed by atoms with Crippen LogP contribution < -0.4 is 11.5 Å². The molecule has 7 nitrogen and oxygen atoms in total. The average Bonchev–Trinajstić information content (AvgIpc) is 2.62. The van der Waals surface area contributed by atoms with Gasteiger partial charge in [-0.25, -0.2) is 9.97 Å². The fraction of sp³-hybridized carbons (Fsp3) is 0.0556. The Morgan fingerprint density at radius 3 is 2.56 bits per heavy atom. The topological polar surface area (TPSA) is 125 Å². The number of rotatable bonds is 4. The number of nitrogens with two attached hydrogens (primary N) is 2. The van der Waals surface area contributed by atoms with Gasteiger partial charge in [0.15, 0.2) is 11.5 Å². The summed E-state index contributed by atoms with van der Waals surface area (Å²) in [6, 6.07) is 8.29. The Labute approximate surface area is 143 Å². The Balaban J connectivity index is 2.10. The molecule has 0 aliphatic rings. The molecule has 0 unspecified atom stereocenters. The van der Waals surface area contributed by atoms with Gasteiger partial charge in [0.1, 0.15) is 0 Å². The zero-order valence-electron chi connectivity index (χ0n) is 13.4. The Kier molecular flexibility index (Phi) is 4.21. The second-order valence-corrected chi connectivity index (χ2v) is 5.45. The normalized spacial score (nSPS) is 10.4. The summed E-state index contributed by atoms with van der Waals surface area (Å²) in [7, 11) is 0. The molecule has 0 aliphatic carbocycles. The number of hydrogen-bond acceptors (Lipinski definition) is 6. The monoisotopic (exact) mass is 333 g/mol. The maximum Gasteiger partial charge on any atom is 0.248 e. The lowest BCUT2D eigenvalue weighted by Crippen LogP contribution is -2.12. The van der Waals surface area contributed by atoms with Crippen LogP contribution in [0, 0.1) is 6.92 Å². The number of amides is 1. The number of nitrogen functional groups attached to an aromatic ring is 1. The molecule has 2 heterocycles. The van der Waals surface area contributed by atoms with Gasteiger partial charge >= 0.3 is 0 Å². The molecule has 0 atom stereocenters. The Hall–Kier alpha value is -3.61. The highest BCUT2D eigenvalue weighted by atomic mass is 16.1. The van der Waals surface area contributed by atoms with Crippen molar-refractivity contribution in [2.75, 3.05) is 5.73 Å². The summed E-state index contributed by atoms with van der Waals surface area (Å²) < 4.78 is 0. The molecular formula is C18H15N5O2. The summed E-state index contributed by atoms with van der Waals surface area (Å²) in [5.74, 6) is -0.888. The van der Waals surface area contributed by atoms with Crippen molar-refractivity contribution in [2.45, 2.75) is 6.92 Å². The van der Waals surface area contributed by atoms with E-state index in [1.165, 1.54) is 12.4 Å². The molecule has 124 valence electrons. The largest absolute Gasteiger partial charge is 0.382 e. The van der Waals surface area contributed by atoms with Gasteiger partial charge in [-0.3, -0.25) is 14.6 Å². The Bertz CT molecular complexity index is 970. The second kappa shape index (κ2) is 6.48. The van der Waals surface area contributed by atoms with Crippen LogP contribution in [0.5, 0.6) is 0 Å². The van der Waals surface area contributed by atoms with E-state index in [4.69, 9.17) is 11.5 Å². The van der Waals surface area contributed by atoms with Crippen LogP contribution in [0.3, 0.4) is 0 Å². The van der Waals surface area contributed by atoms with Gasteiger partial charge in [-0.05, 0) is 36.8 Å². The highest BCUT2D eigenvalue weighted by molar-refractivity contribution is 6.10. The lowest BCUT2D eigenvalue weighted by atomic mass is 10.0. The van der Waals surface area contributed by atoms with Crippen molar-refractivity contribution in [3.05, 3.63) is 71.3 Å². The summed E-state index contributed by atoms with van der Waals surface area (Å²) in [5, 5.41) is 0. The highest BCUT2D eigenvalue weighted by Crippen LogP contribution is 2.24. The summed E-state index contributed by atoms with van der Waals surface area (Å²) in [6.45, 7) is 1.86. The number of carbonyl (C=O) groups excluding carboxylic acids is 2. The first-order valence-corrected chi connectivity index (χ1v) is 7.45. The molecule has 1 amide bonds. The minimum absolute atomic E-state index is 0.0290. The Morgan fingerprint density at radius 1 is 1.08 bits per heavy atom. The van der Waals surface area contributed by atoms with Crippen molar-refractivity contribution < 1.29 is 9.59 Å². The molecule has 25 heavy (non-hydrogen) atoms. The van der Waals surface area contributed by atoms with Gasteiger partial charge in [0.05, 0.1) is 11.9 Å². The van der Waals surface area contributed by atoms with Gasteiger partial charge in [-0.1, -0.05) is 6.07 Å². The van der Waals surface area contributed by atoms with E-state index in [2.05, 4.69) is 15.0 Å². The molecule has 0 bridgehead atoms. The second-order valence-electron chi connectivity index (χ2n) is 5.45. The number of primary amides is 1. The van der Waals surface area contributed by atoms with Crippen LogP contribution in [-0.2, 0) is 0 Å². The molecule has 2 aromatic heterocycles. The molecular weight excluding hydrogens is 318 g/mol. The number of aryl methyl sites for hydroxylation is 1. The average molecular weight is 333 g/mol. The summed E-state index contributed by atoms with van der Waals surface area (Å²) >= 11 is 0. The van der Waals surface area contributed by atoms with Crippen LogP contribution in [0.1, 0.15) is 32.0 Å². The standard InChI is InChI=1S/C18H15N5O2/c1-10-4-5-11(18(20)25)7-13(10)14-9-22-17(19)15(23-14)16(24)12-3-2-6-21-8-12/h2-9H,1H3,(H2,19,22)(H2,20,25). The number of carbonyl (C=O) groups is 2. The van der Waals surface area contributed by atoms with E-state index >= 15 is 0 Å². The molecule has 0 saturated carbocycles. The van der Waals surface area contributed by atoms with E-state index in [0.29, 0.717) is 22.4 Å². The van der Waals surface area contributed by atoms with Crippen molar-refractivity contribution >= 4 is 17.5 Å². The fourth-order valence-corrected chi connectivity index (χ4v) is 2.38. The van der Waals surface area contributed by atoms with Crippen molar-refractivity contribution in [2.24, 2.45) is 5.73 Å². The number of pyridine rings is 1. The quantitative estimate of drug-likeness (QED) is 0.701. The molecule has 1 aromatic carbocycles. The molecule has 0 aliphatic heterocycles. The minimum atomic E-state index is -0.545. The number of benzene rings is 1. The van der Waals surface area contributed by atoms with E-state index in [9.17, 15) is 9.59 Å². The van der Waals surface area contributed by atoms with E-state index in [1.807, 2.05) is 6.92 Å². The molecule has 3 aromatic rings. The van der Waals surface area contributed by atoms with E-state index in [0.717, 1.165) is 5.56 Å². The first kappa shape index (κ1) is 16.3. The van der Waals surface area contributed by atoms with Crippen LogP contribution in [0.2, 0.25) is 0 Å². The predicted molar refractivity (Wildman–Crippen MR) is 92.8 cm³/mol. The van der Waals surface area contributed by atoms with Crippen molar-refractivity contribution in [3.63, 3.8) is 0 Å². The Morgan fingerprint density at radius 2 is 1.88 bits per heavy atom. The fourth-order valence-electron chi connectivity index (χ4n) is 2.38. The maximum atomic E-state index is 12.6. The zero-order valence-corrected chi connectivity index (χ0v) is 13.4. The van der Waals surface area contributed by atoms with E-state index < -0.39 is 5.91 Å². The van der Waals surface area contributed by atoms with E-state index in [1.54, 1.807) is 36.5 Å². The third kappa shape index (κ3) is 3.20. The van der Waals surface area contributed by atoms with Crippen molar-refractivity contribution in [3.8, 4) is 11.3 Å². The van der Waals surface area contributed by atoms with Crippen LogP contribution in [-0.4, -0.2) is 26.6 Å². The molecule has 3 rings (SSSR count). The van der Waals surface area contributed by atoms with E-state index in [-0.39, 0.29) is 17.3 Å². The number of aromatic nitrogens is 3. The van der Waals surface area contributed by atoms with Gasteiger partial charge in [-0.2, -0.15) is 0 Å². The predicted octanol–water partition coefficient (Wildman–Crippen LogP) is 1.76. The number of hydrogen-bond donors (Lipinski definition) is 2. The summed E-state index contributed by atoms with van der Waals surface area (Å²) in [5.41, 5.74) is 13.9. The number of ketones is 1. The lowest BCUT2D eigenvalue weighted by Gasteiger charge is -2.09. The SMILES string of the molecule is Cc1ccc(C(N)=O)cc1-c1cnc(N)c(C(=O)c2cccnc2)n1. The van der Waals surface area contributed by atoms with Crippen LogP contribution >= 0.6 is 0 Å².